The van der Waals surface area contributed by atoms with Crippen molar-refractivity contribution in [2.45, 2.75) is 19.3 Å². The molecular formula is C28H25ClFN3O. The number of carbonyl (C=O) groups is 1. The van der Waals surface area contributed by atoms with Gasteiger partial charge in [0.25, 0.3) is 5.91 Å². The molecule has 1 fully saturated rings. The summed E-state index contributed by atoms with van der Waals surface area (Å²) in [5.41, 5.74) is 3.25. The molecule has 0 bridgehead atoms. The van der Waals surface area contributed by atoms with E-state index >= 15 is 0 Å². The fraction of sp³-hybridized carbons (Fsp3) is 0.214. The minimum Gasteiger partial charge on any atom is -0.337 e. The lowest BCUT2D eigenvalue weighted by molar-refractivity contribution is 0.0681. The number of nitrogens with zero attached hydrogens (tertiary/aromatic N) is 3. The highest BCUT2D eigenvalue weighted by atomic mass is 35.5. The minimum absolute atomic E-state index is 0.0943. The normalized spacial score (nSPS) is 14.4. The van der Waals surface area contributed by atoms with Crippen molar-refractivity contribution in [1.29, 1.82) is 0 Å². The van der Waals surface area contributed by atoms with E-state index in [1.807, 2.05) is 23.1 Å². The maximum atomic E-state index is 14.5. The summed E-state index contributed by atoms with van der Waals surface area (Å²) in [7, 11) is 0. The standard InChI is InChI=1S/C28H25ClFN3O/c29-22-10-12-23(13-11-22)33-27(19-26(31-33)24-8-4-5-9-25(24)30)28(34)32-16-14-21(15-17-32)18-20-6-2-1-3-7-20/h1-13,19,21H,14-18H2. The zero-order valence-corrected chi connectivity index (χ0v) is 19.5. The van der Waals surface area contributed by atoms with Crippen LogP contribution in [0.2, 0.25) is 5.02 Å². The van der Waals surface area contributed by atoms with Crippen LogP contribution in [0.3, 0.4) is 0 Å². The van der Waals surface area contributed by atoms with Crippen molar-refractivity contribution < 1.29 is 9.18 Å². The Morgan fingerprint density at radius 2 is 1.62 bits per heavy atom. The van der Waals surface area contributed by atoms with E-state index in [1.165, 1.54) is 11.6 Å². The van der Waals surface area contributed by atoms with Gasteiger partial charge >= 0.3 is 0 Å². The van der Waals surface area contributed by atoms with E-state index < -0.39 is 0 Å². The number of aromatic nitrogens is 2. The van der Waals surface area contributed by atoms with Crippen LogP contribution < -0.4 is 0 Å². The molecule has 2 heterocycles. The van der Waals surface area contributed by atoms with Crippen molar-refractivity contribution in [2.24, 2.45) is 5.92 Å². The van der Waals surface area contributed by atoms with Crippen molar-refractivity contribution in [3.63, 3.8) is 0 Å². The van der Waals surface area contributed by atoms with Gasteiger partial charge in [-0.25, -0.2) is 9.07 Å². The van der Waals surface area contributed by atoms with Gasteiger partial charge in [-0.2, -0.15) is 5.10 Å². The van der Waals surface area contributed by atoms with Crippen LogP contribution in [0.4, 0.5) is 4.39 Å². The molecule has 1 saturated heterocycles. The van der Waals surface area contributed by atoms with Gasteiger partial charge < -0.3 is 4.90 Å². The Hall–Kier alpha value is -3.44. The van der Waals surface area contributed by atoms with Gasteiger partial charge in [-0.05, 0) is 73.2 Å². The number of likely N-dealkylation sites (tertiary alicyclic amines) is 1. The maximum absolute atomic E-state index is 14.5. The molecule has 34 heavy (non-hydrogen) atoms. The van der Waals surface area contributed by atoms with Crippen molar-refractivity contribution in [3.8, 4) is 16.9 Å². The quantitative estimate of drug-likeness (QED) is 0.335. The summed E-state index contributed by atoms with van der Waals surface area (Å²) in [5.74, 6) is 0.0915. The fourth-order valence-electron chi connectivity index (χ4n) is 4.56. The average Bonchev–Trinajstić information content (AvgIpc) is 3.31. The van der Waals surface area contributed by atoms with Gasteiger partial charge in [-0.3, -0.25) is 4.79 Å². The number of halogens is 2. The zero-order valence-electron chi connectivity index (χ0n) is 18.7. The van der Waals surface area contributed by atoms with Crippen molar-refractivity contribution in [1.82, 2.24) is 14.7 Å². The Bertz CT molecular complexity index is 1280. The van der Waals surface area contributed by atoms with Gasteiger partial charge in [0, 0.05) is 23.7 Å². The Morgan fingerprint density at radius 1 is 0.941 bits per heavy atom. The number of amides is 1. The molecule has 0 atom stereocenters. The van der Waals surface area contributed by atoms with E-state index in [0.717, 1.165) is 19.3 Å². The zero-order chi connectivity index (χ0) is 23.5. The average molecular weight is 474 g/mol. The van der Waals surface area contributed by atoms with Gasteiger partial charge in [0.15, 0.2) is 0 Å². The Balaban J connectivity index is 1.40. The summed E-state index contributed by atoms with van der Waals surface area (Å²) in [6, 6.07) is 25.8. The van der Waals surface area contributed by atoms with E-state index in [-0.39, 0.29) is 11.7 Å². The van der Waals surface area contributed by atoms with Crippen LogP contribution in [-0.2, 0) is 6.42 Å². The van der Waals surface area contributed by atoms with Gasteiger partial charge in [0.1, 0.15) is 11.5 Å². The van der Waals surface area contributed by atoms with Gasteiger partial charge in [-0.1, -0.05) is 54.1 Å². The second kappa shape index (κ2) is 9.82. The molecule has 1 amide bonds. The Kier molecular flexibility index (Phi) is 6.45. The summed E-state index contributed by atoms with van der Waals surface area (Å²) in [4.78, 5) is 15.5. The molecule has 3 aromatic carbocycles. The second-order valence-corrected chi connectivity index (χ2v) is 9.14. The predicted octanol–water partition coefficient (Wildman–Crippen LogP) is 6.43. The van der Waals surface area contributed by atoms with Crippen LogP contribution in [0.15, 0.2) is 84.9 Å². The molecular weight excluding hydrogens is 449 g/mol. The number of benzene rings is 3. The molecule has 4 nitrogen and oxygen atoms in total. The SMILES string of the molecule is O=C(c1cc(-c2ccccc2F)nn1-c1ccc(Cl)cc1)N1CCC(Cc2ccccc2)CC1. The van der Waals surface area contributed by atoms with Crippen molar-refractivity contribution in [3.05, 3.63) is 107 Å². The highest BCUT2D eigenvalue weighted by Crippen LogP contribution is 2.27. The van der Waals surface area contributed by atoms with E-state index in [2.05, 4.69) is 29.4 Å². The Morgan fingerprint density at radius 3 is 2.32 bits per heavy atom. The molecule has 1 aliphatic heterocycles. The molecule has 0 radical (unpaired) electrons. The van der Waals surface area contributed by atoms with E-state index in [1.54, 1.807) is 41.1 Å². The third-order valence-corrected chi connectivity index (χ3v) is 6.67. The topological polar surface area (TPSA) is 38.1 Å². The third-order valence-electron chi connectivity index (χ3n) is 6.42. The van der Waals surface area contributed by atoms with Crippen LogP contribution in [-0.4, -0.2) is 33.7 Å². The maximum Gasteiger partial charge on any atom is 0.272 e. The summed E-state index contributed by atoms with van der Waals surface area (Å²) < 4.78 is 16.1. The lowest BCUT2D eigenvalue weighted by Crippen LogP contribution is -2.39. The molecule has 0 N–H and O–H groups in total. The van der Waals surface area contributed by atoms with E-state index in [0.29, 0.717) is 46.7 Å². The summed E-state index contributed by atoms with van der Waals surface area (Å²) >= 11 is 6.06. The molecule has 1 aromatic heterocycles. The third kappa shape index (κ3) is 4.75. The number of carbonyl (C=O) groups excluding carboxylic acids is 1. The second-order valence-electron chi connectivity index (χ2n) is 8.71. The molecule has 0 spiro atoms. The van der Waals surface area contributed by atoms with Crippen molar-refractivity contribution in [2.75, 3.05) is 13.1 Å². The smallest absolute Gasteiger partial charge is 0.272 e. The number of hydrogen-bond donors (Lipinski definition) is 0. The lowest BCUT2D eigenvalue weighted by atomic mass is 9.90. The number of rotatable bonds is 5. The van der Waals surface area contributed by atoms with Crippen molar-refractivity contribution >= 4 is 17.5 Å². The lowest BCUT2D eigenvalue weighted by Gasteiger charge is -2.32. The molecule has 0 unspecified atom stereocenters. The summed E-state index contributed by atoms with van der Waals surface area (Å²) in [5, 5.41) is 5.21. The molecule has 1 aliphatic rings. The largest absolute Gasteiger partial charge is 0.337 e. The van der Waals surface area contributed by atoms with Crippen LogP contribution >= 0.6 is 11.6 Å². The summed E-state index contributed by atoms with van der Waals surface area (Å²) in [6.45, 7) is 1.38. The first-order chi connectivity index (χ1) is 16.6. The molecule has 5 rings (SSSR count). The van der Waals surface area contributed by atoms with Gasteiger partial charge in [-0.15, -0.1) is 0 Å². The first kappa shape index (κ1) is 22.4. The molecule has 4 aromatic rings. The van der Waals surface area contributed by atoms with Crippen LogP contribution in [0.5, 0.6) is 0 Å². The predicted molar refractivity (Wildman–Crippen MR) is 133 cm³/mol. The highest BCUT2D eigenvalue weighted by molar-refractivity contribution is 6.30. The first-order valence-electron chi connectivity index (χ1n) is 11.5. The highest BCUT2D eigenvalue weighted by Gasteiger charge is 2.27. The van der Waals surface area contributed by atoms with Gasteiger partial charge in [0.2, 0.25) is 0 Å². The van der Waals surface area contributed by atoms with E-state index in [4.69, 9.17) is 11.6 Å². The van der Waals surface area contributed by atoms with Gasteiger partial charge in [0.05, 0.1) is 11.4 Å². The van der Waals surface area contributed by atoms with Crippen LogP contribution in [0.1, 0.15) is 28.9 Å². The monoisotopic (exact) mass is 473 g/mol. The minimum atomic E-state index is -0.371. The Labute approximate surface area is 203 Å². The molecule has 0 aliphatic carbocycles. The van der Waals surface area contributed by atoms with Crippen LogP contribution in [0.25, 0.3) is 16.9 Å². The number of piperidine rings is 1. The van der Waals surface area contributed by atoms with Crippen LogP contribution in [0, 0.1) is 11.7 Å². The fourth-order valence-corrected chi connectivity index (χ4v) is 4.69. The summed E-state index contributed by atoms with van der Waals surface area (Å²) in [6.07, 6.45) is 2.94. The van der Waals surface area contributed by atoms with E-state index in [9.17, 15) is 9.18 Å². The molecule has 6 heteroatoms. The first-order valence-corrected chi connectivity index (χ1v) is 11.9. The molecule has 0 saturated carbocycles. The molecule has 172 valence electrons. The number of hydrogen-bond acceptors (Lipinski definition) is 2.